The van der Waals surface area contributed by atoms with Crippen molar-refractivity contribution < 1.29 is 4.74 Å². The summed E-state index contributed by atoms with van der Waals surface area (Å²) in [5.74, 6) is 0.966. The normalized spacial score (nSPS) is 10.1. The fourth-order valence-electron chi connectivity index (χ4n) is 1.23. The van der Waals surface area contributed by atoms with Crippen LogP contribution in [0.25, 0.3) is 0 Å². The highest BCUT2D eigenvalue weighted by atomic mass is 79.9. The average Bonchev–Trinajstić information content (AvgIpc) is 2.08. The first kappa shape index (κ1) is 9.59. The van der Waals surface area contributed by atoms with E-state index in [1.807, 2.05) is 6.07 Å². The number of hydrogen-bond acceptors (Lipinski definition) is 1. The maximum Gasteiger partial charge on any atom is 0.122 e. The van der Waals surface area contributed by atoms with E-state index in [0.29, 0.717) is 0 Å². The molecule has 0 radical (unpaired) electrons. The molecule has 0 amide bonds. The SMILES string of the molecule is COc1cc(C)c(Br)c(C)c1C. The Morgan fingerprint density at radius 2 is 1.75 bits per heavy atom. The summed E-state index contributed by atoms with van der Waals surface area (Å²) in [6.07, 6.45) is 0. The van der Waals surface area contributed by atoms with Gasteiger partial charge in [-0.15, -0.1) is 0 Å². The summed E-state index contributed by atoms with van der Waals surface area (Å²) in [5.41, 5.74) is 3.68. The lowest BCUT2D eigenvalue weighted by atomic mass is 10.1. The molecule has 66 valence electrons. The molecule has 0 aromatic heterocycles. The third-order valence-corrected chi connectivity index (χ3v) is 3.40. The Labute approximate surface area is 81.9 Å². The molecule has 0 atom stereocenters. The number of aryl methyl sites for hydroxylation is 1. The predicted molar refractivity (Wildman–Crippen MR) is 54.9 cm³/mol. The monoisotopic (exact) mass is 228 g/mol. The second-order valence-corrected chi connectivity index (χ2v) is 3.75. The molecule has 1 aromatic carbocycles. The molecule has 2 heteroatoms. The van der Waals surface area contributed by atoms with Crippen LogP contribution in [-0.2, 0) is 0 Å². The van der Waals surface area contributed by atoms with Crippen LogP contribution in [0.3, 0.4) is 0 Å². The van der Waals surface area contributed by atoms with Gasteiger partial charge in [-0.3, -0.25) is 0 Å². The van der Waals surface area contributed by atoms with Crippen LogP contribution in [0.2, 0.25) is 0 Å². The van der Waals surface area contributed by atoms with Crippen LogP contribution >= 0.6 is 15.9 Å². The summed E-state index contributed by atoms with van der Waals surface area (Å²) in [4.78, 5) is 0. The van der Waals surface area contributed by atoms with E-state index >= 15 is 0 Å². The van der Waals surface area contributed by atoms with Crippen LogP contribution in [0.4, 0.5) is 0 Å². The Morgan fingerprint density at radius 1 is 1.17 bits per heavy atom. The van der Waals surface area contributed by atoms with Gasteiger partial charge in [0.1, 0.15) is 5.75 Å². The Morgan fingerprint density at radius 3 is 2.25 bits per heavy atom. The van der Waals surface area contributed by atoms with Crippen molar-refractivity contribution in [3.8, 4) is 5.75 Å². The quantitative estimate of drug-likeness (QED) is 0.717. The van der Waals surface area contributed by atoms with Gasteiger partial charge in [0.15, 0.2) is 0 Å². The third-order valence-electron chi connectivity index (χ3n) is 2.18. The molecule has 12 heavy (non-hydrogen) atoms. The minimum absolute atomic E-state index is 0.966. The highest BCUT2D eigenvalue weighted by Crippen LogP contribution is 2.30. The van der Waals surface area contributed by atoms with Gasteiger partial charge in [-0.05, 0) is 43.5 Å². The van der Waals surface area contributed by atoms with E-state index in [1.165, 1.54) is 21.2 Å². The van der Waals surface area contributed by atoms with Gasteiger partial charge < -0.3 is 4.74 Å². The predicted octanol–water partition coefficient (Wildman–Crippen LogP) is 3.38. The fraction of sp³-hybridized carbons (Fsp3) is 0.400. The molecule has 0 bridgehead atoms. The van der Waals surface area contributed by atoms with Gasteiger partial charge in [0.05, 0.1) is 7.11 Å². The Balaban J connectivity index is 3.39. The Hall–Kier alpha value is -0.500. The number of hydrogen-bond donors (Lipinski definition) is 0. The number of halogens is 1. The average molecular weight is 229 g/mol. The fourth-order valence-corrected chi connectivity index (χ4v) is 1.64. The van der Waals surface area contributed by atoms with Gasteiger partial charge in [0.2, 0.25) is 0 Å². The topological polar surface area (TPSA) is 9.23 Å². The Bertz CT molecular complexity index is 305. The van der Waals surface area contributed by atoms with E-state index in [9.17, 15) is 0 Å². The van der Waals surface area contributed by atoms with Gasteiger partial charge in [-0.2, -0.15) is 0 Å². The second-order valence-electron chi connectivity index (χ2n) is 2.96. The van der Waals surface area contributed by atoms with E-state index < -0.39 is 0 Å². The molecule has 0 aliphatic heterocycles. The molecule has 0 saturated carbocycles. The zero-order chi connectivity index (χ0) is 9.30. The van der Waals surface area contributed by atoms with Crippen molar-refractivity contribution >= 4 is 15.9 Å². The van der Waals surface area contributed by atoms with Gasteiger partial charge in [0.25, 0.3) is 0 Å². The van der Waals surface area contributed by atoms with Crippen molar-refractivity contribution in [3.05, 3.63) is 27.2 Å². The van der Waals surface area contributed by atoms with Crippen LogP contribution in [0.1, 0.15) is 16.7 Å². The summed E-state index contributed by atoms with van der Waals surface area (Å²) < 4.78 is 6.42. The van der Waals surface area contributed by atoms with E-state index in [0.717, 1.165) is 5.75 Å². The number of methoxy groups -OCH3 is 1. The van der Waals surface area contributed by atoms with E-state index in [-0.39, 0.29) is 0 Å². The lowest BCUT2D eigenvalue weighted by Crippen LogP contribution is -1.93. The first-order valence-electron chi connectivity index (χ1n) is 3.88. The molecule has 0 unspecified atom stereocenters. The summed E-state index contributed by atoms with van der Waals surface area (Å²) in [7, 11) is 1.70. The maximum absolute atomic E-state index is 5.24. The first-order chi connectivity index (χ1) is 5.57. The van der Waals surface area contributed by atoms with Crippen molar-refractivity contribution in [1.82, 2.24) is 0 Å². The van der Waals surface area contributed by atoms with Crippen molar-refractivity contribution in [2.75, 3.05) is 7.11 Å². The van der Waals surface area contributed by atoms with Crippen molar-refractivity contribution in [1.29, 1.82) is 0 Å². The molecule has 0 heterocycles. The lowest BCUT2D eigenvalue weighted by molar-refractivity contribution is 0.411. The van der Waals surface area contributed by atoms with E-state index in [1.54, 1.807) is 7.11 Å². The molecule has 0 spiro atoms. The zero-order valence-electron chi connectivity index (χ0n) is 7.86. The third kappa shape index (κ3) is 1.48. The smallest absolute Gasteiger partial charge is 0.122 e. The van der Waals surface area contributed by atoms with Crippen LogP contribution in [0, 0.1) is 20.8 Å². The first-order valence-corrected chi connectivity index (χ1v) is 4.67. The number of rotatable bonds is 1. The molecule has 1 aromatic rings. The largest absolute Gasteiger partial charge is 0.496 e. The summed E-state index contributed by atoms with van der Waals surface area (Å²) >= 11 is 3.54. The van der Waals surface area contributed by atoms with Crippen LogP contribution in [0.15, 0.2) is 10.5 Å². The van der Waals surface area contributed by atoms with Gasteiger partial charge in [0, 0.05) is 4.47 Å². The summed E-state index contributed by atoms with van der Waals surface area (Å²) in [5, 5.41) is 0. The molecule has 0 saturated heterocycles. The Kier molecular flexibility index (Phi) is 2.78. The molecule has 0 fully saturated rings. The molecule has 1 nitrogen and oxygen atoms in total. The van der Waals surface area contributed by atoms with Gasteiger partial charge >= 0.3 is 0 Å². The summed E-state index contributed by atoms with van der Waals surface area (Å²) in [6.45, 7) is 6.23. The van der Waals surface area contributed by atoms with Crippen molar-refractivity contribution in [2.45, 2.75) is 20.8 Å². The van der Waals surface area contributed by atoms with E-state index in [2.05, 4.69) is 36.7 Å². The number of ether oxygens (including phenoxy) is 1. The zero-order valence-corrected chi connectivity index (χ0v) is 9.45. The van der Waals surface area contributed by atoms with Crippen LogP contribution < -0.4 is 4.74 Å². The molecular weight excluding hydrogens is 216 g/mol. The standard InChI is InChI=1S/C10H13BrO/c1-6-5-9(12-4)7(2)8(3)10(6)11/h5H,1-4H3. The van der Waals surface area contributed by atoms with Crippen LogP contribution in [-0.4, -0.2) is 7.11 Å². The van der Waals surface area contributed by atoms with Gasteiger partial charge in [-0.25, -0.2) is 0 Å². The summed E-state index contributed by atoms with van der Waals surface area (Å²) in [6, 6.07) is 2.05. The minimum Gasteiger partial charge on any atom is -0.496 e. The maximum atomic E-state index is 5.24. The lowest BCUT2D eigenvalue weighted by Gasteiger charge is -2.11. The molecule has 1 rings (SSSR count). The van der Waals surface area contributed by atoms with Crippen LogP contribution in [0.5, 0.6) is 5.75 Å². The second kappa shape index (κ2) is 3.48. The van der Waals surface area contributed by atoms with Crippen molar-refractivity contribution in [2.24, 2.45) is 0 Å². The number of benzene rings is 1. The molecule has 0 N–H and O–H groups in total. The van der Waals surface area contributed by atoms with E-state index in [4.69, 9.17) is 4.74 Å². The van der Waals surface area contributed by atoms with Gasteiger partial charge in [-0.1, -0.05) is 15.9 Å². The minimum atomic E-state index is 0.966. The highest BCUT2D eigenvalue weighted by molar-refractivity contribution is 9.10. The highest BCUT2D eigenvalue weighted by Gasteiger charge is 2.07. The molecular formula is C10H13BrO. The van der Waals surface area contributed by atoms with Crippen molar-refractivity contribution in [3.63, 3.8) is 0 Å². The molecule has 0 aliphatic rings. The molecule has 0 aliphatic carbocycles.